The van der Waals surface area contributed by atoms with Gasteiger partial charge in [0.25, 0.3) is 0 Å². The number of amides is 1. The molecule has 20 heavy (non-hydrogen) atoms. The van der Waals surface area contributed by atoms with Crippen LogP contribution in [-0.2, 0) is 20.7 Å². The maximum Gasteiger partial charge on any atom is 0.330 e. The zero-order valence-corrected chi connectivity index (χ0v) is 12.2. The third-order valence-corrected chi connectivity index (χ3v) is 2.89. The molecule has 0 aromatic heterocycles. The van der Waals surface area contributed by atoms with Crippen molar-refractivity contribution in [2.75, 3.05) is 13.7 Å². The van der Waals surface area contributed by atoms with E-state index < -0.39 is 0 Å². The smallest absolute Gasteiger partial charge is 0.330 e. The fraction of sp³-hybridized carbons (Fsp3) is 0.333. The van der Waals surface area contributed by atoms with E-state index >= 15 is 0 Å². The number of methoxy groups -OCH3 is 1. The fourth-order valence-electron chi connectivity index (χ4n) is 1.54. The van der Waals surface area contributed by atoms with E-state index in [9.17, 15) is 9.59 Å². The van der Waals surface area contributed by atoms with Crippen molar-refractivity contribution in [3.8, 4) is 0 Å². The summed E-state index contributed by atoms with van der Waals surface area (Å²) >= 11 is 5.79. The van der Waals surface area contributed by atoms with Gasteiger partial charge in [-0.15, -0.1) is 0 Å². The van der Waals surface area contributed by atoms with Crippen LogP contribution in [0.3, 0.4) is 0 Å². The Morgan fingerprint density at radius 3 is 2.65 bits per heavy atom. The predicted molar refractivity (Wildman–Crippen MR) is 78.6 cm³/mol. The van der Waals surface area contributed by atoms with Crippen LogP contribution in [0.15, 0.2) is 36.4 Å². The monoisotopic (exact) mass is 295 g/mol. The van der Waals surface area contributed by atoms with Crippen molar-refractivity contribution in [1.29, 1.82) is 0 Å². The van der Waals surface area contributed by atoms with Crippen molar-refractivity contribution in [2.45, 2.75) is 19.3 Å². The first kappa shape index (κ1) is 16.2. The van der Waals surface area contributed by atoms with Gasteiger partial charge in [0.2, 0.25) is 5.91 Å². The number of halogens is 1. The number of rotatable bonds is 7. The van der Waals surface area contributed by atoms with Gasteiger partial charge in [0, 0.05) is 24.1 Å². The van der Waals surface area contributed by atoms with Gasteiger partial charge in [0.15, 0.2) is 0 Å². The SMILES string of the molecule is COC(=O)/C=C/CCNC(=O)CCc1ccc(Cl)cc1. The van der Waals surface area contributed by atoms with Crippen LogP contribution >= 0.6 is 11.6 Å². The molecular weight excluding hydrogens is 278 g/mol. The zero-order chi connectivity index (χ0) is 14.8. The summed E-state index contributed by atoms with van der Waals surface area (Å²) < 4.78 is 4.45. The Morgan fingerprint density at radius 2 is 2.00 bits per heavy atom. The zero-order valence-electron chi connectivity index (χ0n) is 11.4. The number of nitrogens with one attached hydrogen (secondary N) is 1. The molecule has 0 unspecified atom stereocenters. The van der Waals surface area contributed by atoms with Gasteiger partial charge in [-0.1, -0.05) is 29.8 Å². The van der Waals surface area contributed by atoms with E-state index in [4.69, 9.17) is 11.6 Å². The molecule has 0 aliphatic carbocycles. The molecule has 1 rings (SSSR count). The van der Waals surface area contributed by atoms with Crippen molar-refractivity contribution >= 4 is 23.5 Å². The van der Waals surface area contributed by atoms with Crippen LogP contribution in [-0.4, -0.2) is 25.5 Å². The second kappa shape index (κ2) is 9.15. The quantitative estimate of drug-likeness (QED) is 0.478. The number of benzene rings is 1. The summed E-state index contributed by atoms with van der Waals surface area (Å²) in [7, 11) is 1.32. The van der Waals surface area contributed by atoms with Crippen LogP contribution < -0.4 is 5.32 Å². The van der Waals surface area contributed by atoms with E-state index in [-0.39, 0.29) is 11.9 Å². The molecule has 0 bridgehead atoms. The van der Waals surface area contributed by atoms with E-state index in [0.29, 0.717) is 30.8 Å². The van der Waals surface area contributed by atoms with E-state index in [1.807, 2.05) is 24.3 Å². The van der Waals surface area contributed by atoms with Gasteiger partial charge < -0.3 is 10.1 Å². The van der Waals surface area contributed by atoms with Gasteiger partial charge in [-0.25, -0.2) is 4.79 Å². The molecule has 108 valence electrons. The van der Waals surface area contributed by atoms with Crippen molar-refractivity contribution in [3.63, 3.8) is 0 Å². The van der Waals surface area contributed by atoms with Crippen LogP contribution in [0.1, 0.15) is 18.4 Å². The summed E-state index contributed by atoms with van der Waals surface area (Å²) in [6.07, 6.45) is 4.73. The molecule has 0 atom stereocenters. The van der Waals surface area contributed by atoms with Crippen molar-refractivity contribution in [1.82, 2.24) is 5.32 Å². The minimum Gasteiger partial charge on any atom is -0.466 e. The van der Waals surface area contributed by atoms with Crippen LogP contribution in [0.4, 0.5) is 0 Å². The Labute approximate surface area is 123 Å². The van der Waals surface area contributed by atoms with Crippen molar-refractivity contribution in [3.05, 3.63) is 47.0 Å². The molecule has 4 nitrogen and oxygen atoms in total. The molecule has 0 saturated carbocycles. The number of ether oxygens (including phenoxy) is 1. The van der Waals surface area contributed by atoms with Gasteiger partial charge in [-0.2, -0.15) is 0 Å². The molecule has 0 fully saturated rings. The standard InChI is InChI=1S/C15H18ClNO3/c1-20-15(19)4-2-3-11-17-14(18)10-7-12-5-8-13(16)9-6-12/h2,4-6,8-9H,3,7,10-11H2,1H3,(H,17,18)/b4-2+. The number of aryl methyl sites for hydroxylation is 1. The molecule has 0 spiro atoms. The first-order valence-electron chi connectivity index (χ1n) is 6.37. The normalized spacial score (nSPS) is 10.5. The molecule has 1 N–H and O–H groups in total. The molecule has 0 heterocycles. The first-order valence-corrected chi connectivity index (χ1v) is 6.75. The molecule has 0 radical (unpaired) electrons. The Balaban J connectivity index is 2.16. The van der Waals surface area contributed by atoms with Gasteiger partial charge in [0.1, 0.15) is 0 Å². The highest BCUT2D eigenvalue weighted by atomic mass is 35.5. The highest BCUT2D eigenvalue weighted by Gasteiger charge is 2.01. The Bertz CT molecular complexity index is 469. The lowest BCUT2D eigenvalue weighted by Gasteiger charge is -2.04. The molecule has 0 aliphatic rings. The van der Waals surface area contributed by atoms with Crippen LogP contribution in [0.25, 0.3) is 0 Å². The maximum absolute atomic E-state index is 11.6. The second-order valence-electron chi connectivity index (χ2n) is 4.19. The third-order valence-electron chi connectivity index (χ3n) is 2.64. The topological polar surface area (TPSA) is 55.4 Å². The largest absolute Gasteiger partial charge is 0.466 e. The highest BCUT2D eigenvalue weighted by molar-refractivity contribution is 6.30. The Morgan fingerprint density at radius 1 is 1.30 bits per heavy atom. The minimum atomic E-state index is -0.390. The Hall–Kier alpha value is -1.81. The molecule has 1 aromatic rings. The Kier molecular flexibility index (Phi) is 7.43. The lowest BCUT2D eigenvalue weighted by molar-refractivity contribution is -0.134. The van der Waals surface area contributed by atoms with E-state index in [1.165, 1.54) is 13.2 Å². The van der Waals surface area contributed by atoms with Gasteiger partial charge in [0.05, 0.1) is 7.11 Å². The summed E-state index contributed by atoms with van der Waals surface area (Å²) in [5.74, 6) is -0.398. The molecule has 0 saturated heterocycles. The van der Waals surface area contributed by atoms with Gasteiger partial charge >= 0.3 is 5.97 Å². The highest BCUT2D eigenvalue weighted by Crippen LogP contribution is 2.10. The van der Waals surface area contributed by atoms with Crippen LogP contribution in [0.2, 0.25) is 5.02 Å². The predicted octanol–water partition coefficient (Wildman–Crippen LogP) is 2.51. The molecule has 1 aromatic carbocycles. The summed E-state index contributed by atoms with van der Waals surface area (Å²) in [6.45, 7) is 0.507. The summed E-state index contributed by atoms with van der Waals surface area (Å²) in [6, 6.07) is 7.45. The summed E-state index contributed by atoms with van der Waals surface area (Å²) in [5, 5.41) is 3.48. The van der Waals surface area contributed by atoms with Gasteiger partial charge in [-0.3, -0.25) is 4.79 Å². The fourth-order valence-corrected chi connectivity index (χ4v) is 1.67. The average Bonchev–Trinajstić information content (AvgIpc) is 2.46. The minimum absolute atomic E-state index is 0.00795. The third kappa shape index (κ3) is 6.95. The van der Waals surface area contributed by atoms with Crippen molar-refractivity contribution < 1.29 is 14.3 Å². The summed E-state index contributed by atoms with van der Waals surface area (Å²) in [4.78, 5) is 22.4. The lowest BCUT2D eigenvalue weighted by atomic mass is 10.1. The maximum atomic E-state index is 11.6. The van der Waals surface area contributed by atoms with E-state index in [2.05, 4.69) is 10.1 Å². The molecule has 5 heteroatoms. The van der Waals surface area contributed by atoms with E-state index in [0.717, 1.165) is 5.56 Å². The number of carbonyl (C=O) groups excluding carboxylic acids is 2. The van der Waals surface area contributed by atoms with Gasteiger partial charge in [-0.05, 0) is 30.5 Å². The lowest BCUT2D eigenvalue weighted by Crippen LogP contribution is -2.24. The van der Waals surface area contributed by atoms with Crippen LogP contribution in [0, 0.1) is 0 Å². The number of esters is 1. The summed E-state index contributed by atoms with van der Waals surface area (Å²) in [5.41, 5.74) is 1.08. The second-order valence-corrected chi connectivity index (χ2v) is 4.63. The number of carbonyl (C=O) groups is 2. The number of hydrogen-bond acceptors (Lipinski definition) is 3. The first-order chi connectivity index (χ1) is 9.61. The molecular formula is C15H18ClNO3. The average molecular weight is 296 g/mol. The molecule has 0 aliphatic heterocycles. The molecule has 1 amide bonds. The van der Waals surface area contributed by atoms with Crippen LogP contribution in [0.5, 0.6) is 0 Å². The number of hydrogen-bond donors (Lipinski definition) is 1. The van der Waals surface area contributed by atoms with Crippen molar-refractivity contribution in [2.24, 2.45) is 0 Å². The van der Waals surface area contributed by atoms with E-state index in [1.54, 1.807) is 6.08 Å².